The molecule has 1 aliphatic heterocycles. The number of halogens is 6. The van der Waals surface area contributed by atoms with Crippen molar-refractivity contribution in [3.8, 4) is 11.3 Å². The van der Waals surface area contributed by atoms with Crippen LogP contribution in [0.2, 0.25) is 0 Å². The van der Waals surface area contributed by atoms with E-state index in [-0.39, 0.29) is 16.8 Å². The van der Waals surface area contributed by atoms with E-state index in [2.05, 4.69) is 10.3 Å². The summed E-state index contributed by atoms with van der Waals surface area (Å²) in [6.07, 6.45) is -8.30. The topological polar surface area (TPSA) is 121 Å². The third-order valence-corrected chi connectivity index (χ3v) is 8.17. The lowest BCUT2D eigenvalue weighted by atomic mass is 9.94. The molecule has 1 saturated heterocycles. The zero-order chi connectivity index (χ0) is 29.6. The van der Waals surface area contributed by atoms with Gasteiger partial charge in [0.15, 0.2) is 17.5 Å². The van der Waals surface area contributed by atoms with Gasteiger partial charge in [-0.05, 0) is 37.6 Å². The first-order valence-electron chi connectivity index (χ1n) is 11.9. The van der Waals surface area contributed by atoms with Gasteiger partial charge in [0.25, 0.3) is 0 Å². The summed E-state index contributed by atoms with van der Waals surface area (Å²) in [4.78, 5) is 0. The second-order valence-corrected chi connectivity index (χ2v) is 11.0. The molecule has 4 N–H and O–H groups in total. The quantitative estimate of drug-likeness (QED) is 0.242. The monoisotopic (exact) mass is 593 g/mol. The molecule has 40 heavy (non-hydrogen) atoms. The van der Waals surface area contributed by atoms with Crippen molar-refractivity contribution in [2.75, 3.05) is 6.61 Å². The number of hydrogen-bond donors (Lipinski definition) is 4. The van der Waals surface area contributed by atoms with Gasteiger partial charge in [-0.2, -0.15) is 13.2 Å². The zero-order valence-corrected chi connectivity index (χ0v) is 21.7. The molecule has 1 aliphatic rings. The Kier molecular flexibility index (Phi) is 8.55. The smallest absolute Gasteiger partial charge is 0.394 e. The number of aliphatic hydroxyl groups excluding tert-OH is 3. The van der Waals surface area contributed by atoms with Crippen molar-refractivity contribution < 1.29 is 51.5 Å². The fourth-order valence-electron chi connectivity index (χ4n) is 4.49. The molecule has 1 fully saturated rings. The highest BCUT2D eigenvalue weighted by molar-refractivity contribution is 8.00. The number of aliphatic hydroxyl groups is 4. The maximum Gasteiger partial charge on any atom is 0.416 e. The van der Waals surface area contributed by atoms with Crippen LogP contribution in [0.5, 0.6) is 0 Å². The number of aromatic nitrogens is 3. The second-order valence-electron chi connectivity index (χ2n) is 9.79. The van der Waals surface area contributed by atoms with Gasteiger partial charge in [-0.1, -0.05) is 23.4 Å². The summed E-state index contributed by atoms with van der Waals surface area (Å²) in [7, 11) is 0. The Labute approximate surface area is 228 Å². The van der Waals surface area contributed by atoms with Crippen LogP contribution in [-0.2, 0) is 10.9 Å². The minimum Gasteiger partial charge on any atom is -0.394 e. The number of nitrogens with zero attached hydrogens (tertiary/aromatic N) is 3. The second kappa shape index (κ2) is 11.3. The van der Waals surface area contributed by atoms with E-state index in [9.17, 15) is 46.8 Å². The van der Waals surface area contributed by atoms with E-state index < -0.39 is 76.4 Å². The van der Waals surface area contributed by atoms with Crippen LogP contribution in [0.3, 0.4) is 0 Å². The third-order valence-electron chi connectivity index (χ3n) is 6.40. The first kappa shape index (κ1) is 30.3. The Morgan fingerprint density at radius 2 is 1.68 bits per heavy atom. The molecular formula is C25H25F6N3O5S. The van der Waals surface area contributed by atoms with Gasteiger partial charge in [-0.25, -0.2) is 17.9 Å². The lowest BCUT2D eigenvalue weighted by molar-refractivity contribution is -0.179. The minimum absolute atomic E-state index is 0.151. The van der Waals surface area contributed by atoms with Crippen LogP contribution in [0, 0.1) is 17.5 Å². The van der Waals surface area contributed by atoms with E-state index >= 15 is 0 Å². The maximum absolute atomic E-state index is 13.8. The molecular weight excluding hydrogens is 568 g/mol. The van der Waals surface area contributed by atoms with Gasteiger partial charge in [0.2, 0.25) is 0 Å². The Balaban J connectivity index is 1.70. The Morgan fingerprint density at radius 3 is 2.25 bits per heavy atom. The zero-order valence-electron chi connectivity index (χ0n) is 20.9. The van der Waals surface area contributed by atoms with Crippen molar-refractivity contribution in [2.45, 2.75) is 60.7 Å². The standard InChI is InChI=1S/C25H25F6N3O5S/c1-24(2,38)22(12-5-3-4-6-13(12)25(29,30)31)40-23-21(37)19(20(36)17(10-35)39-23)34-9-16(32-33-34)11-7-14(26)18(28)15(27)8-11/h3-9,17,19-23,35-38H,10H2,1-2H3/t17-,19+,20+,21-,22-,23+/m1/s1. The molecule has 0 spiro atoms. The maximum atomic E-state index is 13.8. The van der Waals surface area contributed by atoms with Crippen LogP contribution in [0.15, 0.2) is 42.6 Å². The average Bonchev–Trinajstić information content (AvgIpc) is 3.35. The highest BCUT2D eigenvalue weighted by Crippen LogP contribution is 2.49. The van der Waals surface area contributed by atoms with Gasteiger partial charge in [-0.15, -0.1) is 16.9 Å². The van der Waals surface area contributed by atoms with Crippen molar-refractivity contribution in [1.82, 2.24) is 15.0 Å². The van der Waals surface area contributed by atoms with Gasteiger partial charge in [0.05, 0.1) is 29.2 Å². The summed E-state index contributed by atoms with van der Waals surface area (Å²) in [5, 5.41) is 49.0. The van der Waals surface area contributed by atoms with Gasteiger partial charge < -0.3 is 25.2 Å². The molecule has 0 aliphatic carbocycles. The van der Waals surface area contributed by atoms with E-state index in [0.717, 1.165) is 16.9 Å². The molecule has 15 heteroatoms. The van der Waals surface area contributed by atoms with Gasteiger partial charge in [-0.3, -0.25) is 0 Å². The molecule has 0 unspecified atom stereocenters. The minimum atomic E-state index is -4.75. The normalized spacial score (nSPS) is 24.8. The van der Waals surface area contributed by atoms with E-state index in [1.807, 2.05) is 0 Å². The molecule has 0 saturated carbocycles. The molecule has 2 aromatic carbocycles. The summed E-state index contributed by atoms with van der Waals surface area (Å²) < 4.78 is 88.8. The number of alkyl halides is 3. The molecule has 2 heterocycles. The number of thioether (sulfide) groups is 1. The lowest BCUT2D eigenvalue weighted by Gasteiger charge is -2.44. The number of ether oxygens (including phenoxy) is 1. The van der Waals surface area contributed by atoms with E-state index in [0.29, 0.717) is 23.9 Å². The summed E-state index contributed by atoms with van der Waals surface area (Å²) >= 11 is 0.646. The Morgan fingerprint density at radius 1 is 1.05 bits per heavy atom. The van der Waals surface area contributed by atoms with Crippen LogP contribution < -0.4 is 0 Å². The molecule has 6 atom stereocenters. The summed E-state index contributed by atoms with van der Waals surface area (Å²) in [5.74, 6) is -4.65. The van der Waals surface area contributed by atoms with Crippen molar-refractivity contribution in [1.29, 1.82) is 0 Å². The Hall–Kier alpha value is -2.69. The molecule has 0 bridgehead atoms. The predicted octanol–water partition coefficient (Wildman–Crippen LogP) is 3.61. The van der Waals surface area contributed by atoms with Gasteiger partial charge in [0, 0.05) is 5.56 Å². The van der Waals surface area contributed by atoms with Gasteiger partial charge in [0.1, 0.15) is 35.5 Å². The summed E-state index contributed by atoms with van der Waals surface area (Å²) in [6, 6.07) is 4.54. The molecule has 218 valence electrons. The predicted molar refractivity (Wildman–Crippen MR) is 130 cm³/mol. The van der Waals surface area contributed by atoms with E-state index in [1.54, 1.807) is 0 Å². The highest BCUT2D eigenvalue weighted by Gasteiger charge is 2.49. The molecule has 0 radical (unpaired) electrons. The van der Waals surface area contributed by atoms with Crippen molar-refractivity contribution in [3.63, 3.8) is 0 Å². The number of hydrogen-bond acceptors (Lipinski definition) is 8. The molecule has 0 amide bonds. The van der Waals surface area contributed by atoms with Crippen molar-refractivity contribution >= 4 is 11.8 Å². The largest absolute Gasteiger partial charge is 0.416 e. The van der Waals surface area contributed by atoms with Gasteiger partial charge >= 0.3 is 6.18 Å². The third kappa shape index (κ3) is 5.99. The fraction of sp³-hybridized carbons (Fsp3) is 0.440. The lowest BCUT2D eigenvalue weighted by Crippen LogP contribution is -2.55. The van der Waals surface area contributed by atoms with Crippen LogP contribution in [0.25, 0.3) is 11.3 Å². The first-order valence-corrected chi connectivity index (χ1v) is 12.8. The number of rotatable bonds is 7. The van der Waals surface area contributed by atoms with Crippen LogP contribution in [-0.4, -0.2) is 71.4 Å². The Bertz CT molecular complexity index is 1330. The fourth-order valence-corrected chi connectivity index (χ4v) is 5.97. The molecule has 8 nitrogen and oxygen atoms in total. The summed E-state index contributed by atoms with van der Waals surface area (Å²) in [6.45, 7) is 1.81. The van der Waals surface area contributed by atoms with Crippen molar-refractivity contribution in [3.05, 3.63) is 71.2 Å². The highest BCUT2D eigenvalue weighted by atomic mass is 32.2. The molecule has 1 aromatic heterocycles. The van der Waals surface area contributed by atoms with E-state index in [4.69, 9.17) is 4.74 Å². The van der Waals surface area contributed by atoms with Crippen LogP contribution in [0.1, 0.15) is 36.3 Å². The van der Waals surface area contributed by atoms with Crippen LogP contribution in [0.4, 0.5) is 26.3 Å². The SMILES string of the molecule is CC(C)(O)[C@H](S[C@@H]1O[C@H](CO)[C@H](O)[C@H](n2cc(-c3cc(F)c(F)c(F)c3)nn2)[C@H]1O)c1ccccc1C(F)(F)F. The summed E-state index contributed by atoms with van der Waals surface area (Å²) in [5.41, 5.74) is -4.82. The average molecular weight is 594 g/mol. The molecule has 3 aromatic rings. The first-order chi connectivity index (χ1) is 18.6. The van der Waals surface area contributed by atoms with Crippen LogP contribution >= 0.6 is 11.8 Å². The van der Waals surface area contributed by atoms with Crippen molar-refractivity contribution in [2.24, 2.45) is 0 Å². The number of benzene rings is 2. The molecule has 4 rings (SSSR count). The van der Waals surface area contributed by atoms with E-state index in [1.165, 1.54) is 32.0 Å².